The molecule has 14 heavy (non-hydrogen) atoms. The highest BCUT2D eigenvalue weighted by Gasteiger charge is 2.19. The van der Waals surface area contributed by atoms with Crippen LogP contribution in [0.4, 0.5) is 0 Å². The van der Waals surface area contributed by atoms with E-state index in [0.29, 0.717) is 0 Å². The quantitative estimate of drug-likeness (QED) is 0.713. The molecule has 0 aromatic carbocycles. The summed E-state index contributed by atoms with van der Waals surface area (Å²) < 4.78 is 2.49. The van der Waals surface area contributed by atoms with E-state index in [2.05, 4.69) is 5.32 Å². The van der Waals surface area contributed by atoms with Crippen LogP contribution < -0.4 is 11.0 Å². The summed E-state index contributed by atoms with van der Waals surface area (Å²) in [5.41, 5.74) is -0.0528. The molecular formula is C8H12ClN3O2. The van der Waals surface area contributed by atoms with E-state index >= 15 is 0 Å². The van der Waals surface area contributed by atoms with Crippen molar-refractivity contribution in [2.75, 3.05) is 13.6 Å². The summed E-state index contributed by atoms with van der Waals surface area (Å²) in [6.07, 6.45) is 0. The lowest BCUT2D eigenvalue weighted by Crippen LogP contribution is -2.24. The van der Waals surface area contributed by atoms with Gasteiger partial charge in [0.15, 0.2) is 5.78 Å². The fourth-order valence-corrected chi connectivity index (χ4v) is 1.55. The first-order chi connectivity index (χ1) is 6.50. The number of rotatable bonds is 3. The van der Waals surface area contributed by atoms with Crippen molar-refractivity contribution in [3.8, 4) is 0 Å². The third-order valence-corrected chi connectivity index (χ3v) is 2.43. The van der Waals surface area contributed by atoms with Crippen LogP contribution in [0.2, 0.25) is 5.15 Å². The molecule has 0 aliphatic rings. The van der Waals surface area contributed by atoms with Gasteiger partial charge in [-0.1, -0.05) is 11.6 Å². The standard InChI is InChI=1S/C8H12ClN3O2/c1-10-4-5(13)6-7(9)12(3)8(14)11(6)2/h10H,4H2,1-3H3. The Kier molecular flexibility index (Phi) is 3.13. The van der Waals surface area contributed by atoms with Gasteiger partial charge in [0.05, 0.1) is 6.54 Å². The van der Waals surface area contributed by atoms with Crippen molar-refractivity contribution < 1.29 is 4.79 Å². The van der Waals surface area contributed by atoms with Crippen LogP contribution in [0.15, 0.2) is 4.79 Å². The molecule has 0 fully saturated rings. The van der Waals surface area contributed by atoms with E-state index < -0.39 is 0 Å². The molecule has 1 aromatic heterocycles. The first-order valence-corrected chi connectivity index (χ1v) is 4.47. The Morgan fingerprint density at radius 3 is 2.36 bits per heavy atom. The number of halogens is 1. The summed E-state index contributed by atoms with van der Waals surface area (Å²) in [7, 11) is 4.71. The van der Waals surface area contributed by atoms with E-state index in [1.54, 1.807) is 7.05 Å². The lowest BCUT2D eigenvalue weighted by atomic mass is 10.3. The average Bonchev–Trinajstić information content (AvgIpc) is 2.32. The van der Waals surface area contributed by atoms with Gasteiger partial charge in [0.1, 0.15) is 10.8 Å². The number of hydrogen-bond acceptors (Lipinski definition) is 3. The molecule has 5 nitrogen and oxygen atoms in total. The molecule has 6 heteroatoms. The topological polar surface area (TPSA) is 56.0 Å². The van der Waals surface area contributed by atoms with Crippen molar-refractivity contribution in [1.82, 2.24) is 14.5 Å². The third-order valence-electron chi connectivity index (χ3n) is 2.00. The van der Waals surface area contributed by atoms with Gasteiger partial charge in [0, 0.05) is 14.1 Å². The van der Waals surface area contributed by atoms with Gasteiger partial charge in [0.2, 0.25) is 0 Å². The number of nitrogens with one attached hydrogen (secondary N) is 1. The van der Waals surface area contributed by atoms with Crippen LogP contribution in [-0.2, 0) is 14.1 Å². The van der Waals surface area contributed by atoms with Gasteiger partial charge >= 0.3 is 5.69 Å². The van der Waals surface area contributed by atoms with E-state index in [9.17, 15) is 9.59 Å². The number of Topliss-reactive ketones (excluding diaryl/α,β-unsaturated/α-hetero) is 1. The number of carbonyl (C=O) groups is 1. The van der Waals surface area contributed by atoms with Gasteiger partial charge in [-0.25, -0.2) is 4.79 Å². The van der Waals surface area contributed by atoms with E-state index in [-0.39, 0.29) is 28.9 Å². The van der Waals surface area contributed by atoms with Crippen LogP contribution in [0.1, 0.15) is 10.5 Å². The zero-order valence-electron chi connectivity index (χ0n) is 8.30. The molecule has 0 saturated carbocycles. The van der Waals surface area contributed by atoms with E-state index in [4.69, 9.17) is 11.6 Å². The van der Waals surface area contributed by atoms with Crippen molar-refractivity contribution in [2.24, 2.45) is 14.1 Å². The molecule has 0 radical (unpaired) electrons. The molecule has 78 valence electrons. The summed E-state index contributed by atoms with van der Waals surface area (Å²) in [5.74, 6) is -0.197. The maximum atomic E-state index is 11.5. The van der Waals surface area contributed by atoms with Crippen molar-refractivity contribution in [3.63, 3.8) is 0 Å². The second-order valence-electron chi connectivity index (χ2n) is 2.99. The van der Waals surface area contributed by atoms with Gasteiger partial charge in [-0.2, -0.15) is 0 Å². The molecule has 0 amide bonds. The largest absolute Gasteiger partial charge is 0.329 e. The van der Waals surface area contributed by atoms with Crippen molar-refractivity contribution in [1.29, 1.82) is 0 Å². The molecule has 1 aromatic rings. The van der Waals surface area contributed by atoms with Crippen molar-refractivity contribution >= 4 is 17.4 Å². The molecule has 1 heterocycles. The Hall–Kier alpha value is -1.07. The van der Waals surface area contributed by atoms with Gasteiger partial charge < -0.3 is 5.32 Å². The Balaban J connectivity index is 3.28. The highest BCUT2D eigenvalue weighted by atomic mass is 35.5. The SMILES string of the molecule is CNCC(=O)c1c(Cl)n(C)c(=O)n1C. The van der Waals surface area contributed by atoms with Crippen LogP contribution >= 0.6 is 11.6 Å². The van der Waals surface area contributed by atoms with E-state index in [0.717, 1.165) is 0 Å². The second kappa shape index (κ2) is 3.98. The number of hydrogen-bond donors (Lipinski definition) is 1. The fraction of sp³-hybridized carbons (Fsp3) is 0.500. The molecule has 0 saturated heterocycles. The first-order valence-electron chi connectivity index (χ1n) is 4.09. The number of nitrogens with zero attached hydrogens (tertiary/aromatic N) is 2. The minimum atomic E-state index is -0.297. The zero-order chi connectivity index (χ0) is 10.9. The van der Waals surface area contributed by atoms with Crippen LogP contribution in [0.25, 0.3) is 0 Å². The summed E-state index contributed by atoms with van der Waals surface area (Å²) in [5, 5.41) is 2.89. The highest BCUT2D eigenvalue weighted by molar-refractivity contribution is 6.32. The van der Waals surface area contributed by atoms with Gasteiger partial charge in [-0.3, -0.25) is 13.9 Å². The maximum absolute atomic E-state index is 11.5. The predicted molar refractivity (Wildman–Crippen MR) is 53.9 cm³/mol. The fourth-order valence-electron chi connectivity index (χ4n) is 1.25. The van der Waals surface area contributed by atoms with Crippen LogP contribution in [0.5, 0.6) is 0 Å². The summed E-state index contributed by atoms with van der Waals surface area (Å²) in [6, 6.07) is 0. The molecule has 1 rings (SSSR count). The number of aromatic nitrogens is 2. The molecule has 0 atom stereocenters. The van der Waals surface area contributed by atoms with Crippen LogP contribution in [0, 0.1) is 0 Å². The van der Waals surface area contributed by atoms with Gasteiger partial charge in [-0.15, -0.1) is 0 Å². The smallest absolute Gasteiger partial charge is 0.313 e. The third kappa shape index (κ3) is 1.60. The Morgan fingerprint density at radius 1 is 1.43 bits per heavy atom. The minimum absolute atomic E-state index is 0.164. The molecule has 0 spiro atoms. The monoisotopic (exact) mass is 217 g/mol. The second-order valence-corrected chi connectivity index (χ2v) is 3.35. The van der Waals surface area contributed by atoms with Crippen LogP contribution in [-0.4, -0.2) is 28.5 Å². The zero-order valence-corrected chi connectivity index (χ0v) is 9.05. The summed E-state index contributed by atoms with van der Waals surface area (Å²) in [4.78, 5) is 22.9. The Bertz CT molecular complexity index is 419. The average molecular weight is 218 g/mol. The molecule has 0 aliphatic heterocycles. The van der Waals surface area contributed by atoms with Gasteiger partial charge in [-0.05, 0) is 7.05 Å². The van der Waals surface area contributed by atoms with E-state index in [1.165, 1.54) is 23.2 Å². The normalized spacial score (nSPS) is 10.6. The number of ketones is 1. The minimum Gasteiger partial charge on any atom is -0.313 e. The molecule has 0 unspecified atom stereocenters. The summed E-state index contributed by atoms with van der Waals surface area (Å²) in [6.45, 7) is 0.164. The van der Waals surface area contributed by atoms with Crippen LogP contribution in [0.3, 0.4) is 0 Å². The maximum Gasteiger partial charge on any atom is 0.329 e. The number of imidazole rings is 1. The van der Waals surface area contributed by atoms with Crippen molar-refractivity contribution in [2.45, 2.75) is 0 Å². The summed E-state index contributed by atoms with van der Waals surface area (Å²) >= 11 is 5.84. The predicted octanol–water partition coefficient (Wildman–Crippen LogP) is -0.221. The Morgan fingerprint density at radius 2 is 2.00 bits per heavy atom. The molecule has 0 aliphatic carbocycles. The molecular weight excluding hydrogens is 206 g/mol. The number of carbonyl (C=O) groups excluding carboxylic acids is 1. The first kappa shape index (κ1) is 11.0. The highest BCUT2D eigenvalue weighted by Crippen LogP contribution is 2.12. The lowest BCUT2D eigenvalue weighted by molar-refractivity contribution is 0.0985. The van der Waals surface area contributed by atoms with Crippen molar-refractivity contribution in [3.05, 3.63) is 21.3 Å². The van der Waals surface area contributed by atoms with Gasteiger partial charge in [0.25, 0.3) is 0 Å². The lowest BCUT2D eigenvalue weighted by Gasteiger charge is -2.00. The van der Waals surface area contributed by atoms with E-state index in [1.807, 2.05) is 0 Å². The molecule has 0 bridgehead atoms. The number of likely N-dealkylation sites (N-methyl/N-ethyl adjacent to an activating group) is 1. The molecule has 1 N–H and O–H groups in total. The Labute approximate surface area is 86.3 Å².